The van der Waals surface area contributed by atoms with Gasteiger partial charge in [0.05, 0.1) is 23.0 Å². The molecule has 0 spiro atoms. The molecule has 0 bridgehead atoms. The Bertz CT molecular complexity index is 821. The van der Waals surface area contributed by atoms with Gasteiger partial charge in [0.25, 0.3) is 12.3 Å². The molecule has 1 amide bonds. The van der Waals surface area contributed by atoms with Gasteiger partial charge in [-0.05, 0) is 49.1 Å². The van der Waals surface area contributed by atoms with Gasteiger partial charge in [0.1, 0.15) is 5.84 Å². The maximum atomic E-state index is 13.2. The van der Waals surface area contributed by atoms with Gasteiger partial charge < -0.3 is 16.4 Å². The normalized spacial score (nSPS) is 18.1. The number of hydrogen-bond donors (Lipinski definition) is 3. The molecule has 0 saturated heterocycles. The molecular formula is C18H19F2N5O. The highest BCUT2D eigenvalue weighted by Crippen LogP contribution is 2.34. The van der Waals surface area contributed by atoms with Gasteiger partial charge in [-0.3, -0.25) is 9.78 Å². The monoisotopic (exact) mass is 359 g/mol. The Balaban J connectivity index is 1.80. The smallest absolute Gasteiger partial charge is 0.278 e. The molecule has 0 radical (unpaired) electrons. The van der Waals surface area contributed by atoms with E-state index in [9.17, 15) is 13.6 Å². The summed E-state index contributed by atoms with van der Waals surface area (Å²) in [7, 11) is 0. The fourth-order valence-electron chi connectivity index (χ4n) is 2.52. The van der Waals surface area contributed by atoms with E-state index in [0.717, 1.165) is 30.2 Å². The van der Waals surface area contributed by atoms with Crippen LogP contribution in [-0.4, -0.2) is 23.2 Å². The van der Waals surface area contributed by atoms with E-state index in [1.165, 1.54) is 6.08 Å². The van der Waals surface area contributed by atoms with Gasteiger partial charge in [0, 0.05) is 18.6 Å². The number of aliphatic imine (C=N–C) groups is 1. The molecule has 26 heavy (non-hydrogen) atoms. The number of nitrogens with two attached hydrogens (primary N) is 1. The summed E-state index contributed by atoms with van der Waals surface area (Å²) in [6, 6.07) is 3.25. The Morgan fingerprint density at radius 2 is 2.04 bits per heavy atom. The van der Waals surface area contributed by atoms with Gasteiger partial charge in [0.15, 0.2) is 0 Å². The second kappa shape index (κ2) is 7.47. The van der Waals surface area contributed by atoms with Gasteiger partial charge in [-0.1, -0.05) is 0 Å². The largest absolute Gasteiger partial charge is 0.404 e. The number of carbonyl (C=O) groups is 1. The summed E-state index contributed by atoms with van der Waals surface area (Å²) in [4.78, 5) is 20.8. The summed E-state index contributed by atoms with van der Waals surface area (Å²) in [5.41, 5.74) is 7.64. The third-order valence-electron chi connectivity index (χ3n) is 4.10. The van der Waals surface area contributed by atoms with Crippen molar-refractivity contribution in [1.29, 1.82) is 0 Å². The average molecular weight is 359 g/mol. The molecule has 1 aliphatic heterocycles. The molecule has 1 atom stereocenters. The second-order valence-electron chi connectivity index (χ2n) is 6.03. The third kappa shape index (κ3) is 3.96. The molecule has 1 fully saturated rings. The van der Waals surface area contributed by atoms with Crippen LogP contribution in [-0.2, 0) is 4.79 Å². The summed E-state index contributed by atoms with van der Waals surface area (Å²) in [5.74, 6) is -0.474. The van der Waals surface area contributed by atoms with Crippen molar-refractivity contribution >= 4 is 11.7 Å². The minimum Gasteiger partial charge on any atom is -0.404 e. The number of pyridine rings is 1. The van der Waals surface area contributed by atoms with Gasteiger partial charge in [0.2, 0.25) is 0 Å². The molecule has 3 rings (SSSR count). The van der Waals surface area contributed by atoms with Crippen LogP contribution >= 0.6 is 0 Å². The van der Waals surface area contributed by atoms with Crippen molar-refractivity contribution in [2.24, 2.45) is 10.7 Å². The number of amides is 1. The Morgan fingerprint density at radius 3 is 2.62 bits per heavy atom. The molecule has 1 aliphatic carbocycles. The Labute approximate surface area is 149 Å². The SMILES string of the molecule is CC(NC(=O)C(=CN)C1=NC(=C2CC2)C=C(C(F)F)N1)c1ccncc1. The van der Waals surface area contributed by atoms with Gasteiger partial charge in [-0.15, -0.1) is 0 Å². The van der Waals surface area contributed by atoms with E-state index in [1.54, 1.807) is 31.5 Å². The number of carbonyl (C=O) groups excluding carboxylic acids is 1. The highest BCUT2D eigenvalue weighted by molar-refractivity contribution is 6.21. The fraction of sp³-hybridized carbons (Fsp3) is 0.278. The van der Waals surface area contributed by atoms with Crippen LogP contribution in [0.2, 0.25) is 0 Å². The summed E-state index contributed by atoms with van der Waals surface area (Å²) in [6.07, 6.45) is 4.59. The van der Waals surface area contributed by atoms with Crippen molar-refractivity contribution in [3.8, 4) is 0 Å². The maximum Gasteiger partial charge on any atom is 0.278 e. The first-order valence-electron chi connectivity index (χ1n) is 8.20. The van der Waals surface area contributed by atoms with Crippen LogP contribution < -0.4 is 16.4 Å². The van der Waals surface area contributed by atoms with Crippen LogP contribution in [0, 0.1) is 0 Å². The average Bonchev–Trinajstić information content (AvgIpc) is 3.48. The van der Waals surface area contributed by atoms with Crippen molar-refractivity contribution in [3.63, 3.8) is 0 Å². The number of nitrogens with zero attached hydrogens (tertiary/aromatic N) is 2. The van der Waals surface area contributed by atoms with Crippen molar-refractivity contribution in [2.45, 2.75) is 32.2 Å². The molecule has 0 aromatic carbocycles. The Hall–Kier alpha value is -3.03. The van der Waals surface area contributed by atoms with E-state index in [2.05, 4.69) is 20.6 Å². The zero-order valence-electron chi connectivity index (χ0n) is 14.2. The third-order valence-corrected chi connectivity index (χ3v) is 4.10. The predicted molar refractivity (Wildman–Crippen MR) is 94.0 cm³/mol. The lowest BCUT2D eigenvalue weighted by Gasteiger charge is -2.21. The number of nitrogens with one attached hydrogen (secondary N) is 2. The topological polar surface area (TPSA) is 92.4 Å². The Kier molecular flexibility index (Phi) is 5.11. The van der Waals surface area contributed by atoms with Crippen molar-refractivity contribution in [2.75, 3.05) is 0 Å². The molecule has 8 heteroatoms. The molecule has 1 aromatic heterocycles. The quantitative estimate of drug-likeness (QED) is 0.704. The lowest BCUT2D eigenvalue weighted by atomic mass is 10.1. The van der Waals surface area contributed by atoms with Crippen LogP contribution in [0.5, 0.6) is 0 Å². The van der Waals surface area contributed by atoms with Crippen molar-refractivity contribution in [3.05, 3.63) is 64.9 Å². The number of aromatic nitrogens is 1. The van der Waals surface area contributed by atoms with E-state index >= 15 is 0 Å². The standard InChI is InChI=1S/C18H19F2N5O/c1-10(11-4-6-22-7-5-11)23-18(26)13(9-21)17-24-14(12-2-3-12)8-15(25-17)16(19)20/h4-10,16H,2-3,21H2,1H3,(H,23,26)(H,24,25). The molecule has 4 N–H and O–H groups in total. The number of rotatable bonds is 5. The predicted octanol–water partition coefficient (Wildman–Crippen LogP) is 2.30. The summed E-state index contributed by atoms with van der Waals surface area (Å²) in [5, 5.41) is 5.31. The zero-order chi connectivity index (χ0) is 18.7. The zero-order valence-corrected chi connectivity index (χ0v) is 14.2. The van der Waals surface area contributed by atoms with E-state index in [1.807, 2.05) is 0 Å². The fourth-order valence-corrected chi connectivity index (χ4v) is 2.52. The second-order valence-corrected chi connectivity index (χ2v) is 6.03. The highest BCUT2D eigenvalue weighted by atomic mass is 19.3. The molecule has 136 valence electrons. The van der Waals surface area contributed by atoms with Crippen molar-refractivity contribution < 1.29 is 13.6 Å². The van der Waals surface area contributed by atoms with Crippen LogP contribution in [0.25, 0.3) is 0 Å². The minimum atomic E-state index is -2.70. The first-order chi connectivity index (χ1) is 12.5. The molecular weight excluding hydrogens is 340 g/mol. The minimum absolute atomic E-state index is 0.0101. The summed E-state index contributed by atoms with van der Waals surface area (Å²) in [6.45, 7) is 1.81. The van der Waals surface area contributed by atoms with E-state index < -0.39 is 12.3 Å². The van der Waals surface area contributed by atoms with Crippen LogP contribution in [0.1, 0.15) is 31.4 Å². The van der Waals surface area contributed by atoms with Gasteiger partial charge >= 0.3 is 0 Å². The van der Waals surface area contributed by atoms with Gasteiger partial charge in [-0.2, -0.15) is 0 Å². The van der Waals surface area contributed by atoms with Crippen LogP contribution in [0.15, 0.2) is 64.3 Å². The molecule has 2 heterocycles. The number of alkyl halides is 2. The summed E-state index contributed by atoms with van der Waals surface area (Å²) < 4.78 is 26.4. The van der Waals surface area contributed by atoms with E-state index in [-0.39, 0.29) is 23.1 Å². The lowest BCUT2D eigenvalue weighted by molar-refractivity contribution is -0.117. The van der Waals surface area contributed by atoms with Crippen molar-refractivity contribution in [1.82, 2.24) is 15.6 Å². The number of allylic oxidation sites excluding steroid dienone is 3. The molecule has 1 saturated carbocycles. The maximum absolute atomic E-state index is 13.2. The molecule has 6 nitrogen and oxygen atoms in total. The van der Waals surface area contributed by atoms with Crippen LogP contribution in [0.4, 0.5) is 8.78 Å². The van der Waals surface area contributed by atoms with E-state index in [4.69, 9.17) is 5.73 Å². The molecule has 1 unspecified atom stereocenters. The number of halogens is 2. The van der Waals surface area contributed by atoms with Crippen LogP contribution in [0.3, 0.4) is 0 Å². The lowest BCUT2D eigenvalue weighted by Crippen LogP contribution is -2.38. The highest BCUT2D eigenvalue weighted by Gasteiger charge is 2.27. The first kappa shape index (κ1) is 17.8. The molecule has 1 aromatic rings. The van der Waals surface area contributed by atoms with Gasteiger partial charge in [-0.25, -0.2) is 13.8 Å². The number of hydrogen-bond acceptors (Lipinski definition) is 5. The van der Waals surface area contributed by atoms with E-state index in [0.29, 0.717) is 5.70 Å². The first-order valence-corrected chi connectivity index (χ1v) is 8.20. The molecule has 2 aliphatic rings. The summed E-state index contributed by atoms with van der Waals surface area (Å²) >= 11 is 0. The number of amidine groups is 1. The Morgan fingerprint density at radius 1 is 1.35 bits per heavy atom.